The minimum atomic E-state index is -0.0632. The van der Waals surface area contributed by atoms with E-state index in [4.69, 9.17) is 4.74 Å². The first-order valence-electron chi connectivity index (χ1n) is 8.00. The molecular formula is C19H23NO2. The fourth-order valence-corrected chi connectivity index (χ4v) is 2.24. The van der Waals surface area contributed by atoms with Gasteiger partial charge in [0.2, 0.25) is 5.78 Å². The molecule has 1 aromatic carbocycles. The second-order valence-electron chi connectivity index (χ2n) is 5.33. The standard InChI is InChI=1S/C19H23NO2/c1-2-3-4-5-8-15-22-17-12-10-16(11-13-17)19(21)18-9-6-7-14-20-18/h6-7,9-14H,2-5,8,15H2,1H3. The van der Waals surface area contributed by atoms with Crippen LogP contribution in [0.25, 0.3) is 0 Å². The van der Waals surface area contributed by atoms with Crippen LogP contribution in [0.15, 0.2) is 48.7 Å². The summed E-state index contributed by atoms with van der Waals surface area (Å²) in [6.07, 6.45) is 7.75. The molecule has 0 aliphatic rings. The quantitative estimate of drug-likeness (QED) is 0.499. The summed E-state index contributed by atoms with van der Waals surface area (Å²) in [5.41, 5.74) is 1.10. The minimum absolute atomic E-state index is 0.0632. The predicted molar refractivity (Wildman–Crippen MR) is 88.4 cm³/mol. The average molecular weight is 297 g/mol. The Labute approximate surface area is 132 Å². The number of carbonyl (C=O) groups excluding carboxylic acids is 1. The molecule has 0 amide bonds. The lowest BCUT2D eigenvalue weighted by Gasteiger charge is -2.07. The molecule has 3 heteroatoms. The van der Waals surface area contributed by atoms with Gasteiger partial charge in [-0.25, -0.2) is 0 Å². The molecule has 22 heavy (non-hydrogen) atoms. The van der Waals surface area contributed by atoms with E-state index in [1.807, 2.05) is 18.2 Å². The number of benzene rings is 1. The van der Waals surface area contributed by atoms with Gasteiger partial charge < -0.3 is 4.74 Å². The second-order valence-corrected chi connectivity index (χ2v) is 5.33. The number of aromatic nitrogens is 1. The van der Waals surface area contributed by atoms with Gasteiger partial charge in [-0.05, 0) is 42.8 Å². The molecule has 0 atom stereocenters. The Hall–Kier alpha value is -2.16. The molecule has 0 saturated carbocycles. The number of rotatable bonds is 9. The summed E-state index contributed by atoms with van der Waals surface area (Å²) >= 11 is 0. The van der Waals surface area contributed by atoms with Crippen molar-refractivity contribution in [1.29, 1.82) is 0 Å². The van der Waals surface area contributed by atoms with Gasteiger partial charge in [-0.3, -0.25) is 9.78 Å². The molecule has 1 heterocycles. The van der Waals surface area contributed by atoms with Crippen molar-refractivity contribution >= 4 is 5.78 Å². The van der Waals surface area contributed by atoms with Gasteiger partial charge in [-0.1, -0.05) is 38.7 Å². The van der Waals surface area contributed by atoms with Crippen LogP contribution in [0.5, 0.6) is 5.75 Å². The Balaban J connectivity index is 1.82. The van der Waals surface area contributed by atoms with Crippen LogP contribution in [0.4, 0.5) is 0 Å². The number of nitrogens with zero attached hydrogens (tertiary/aromatic N) is 1. The topological polar surface area (TPSA) is 39.2 Å². The van der Waals surface area contributed by atoms with Crippen LogP contribution in [0.1, 0.15) is 55.1 Å². The fraction of sp³-hybridized carbons (Fsp3) is 0.368. The molecule has 116 valence electrons. The van der Waals surface area contributed by atoms with E-state index in [9.17, 15) is 4.79 Å². The molecule has 0 radical (unpaired) electrons. The molecule has 2 aromatic rings. The van der Waals surface area contributed by atoms with Gasteiger partial charge in [0.15, 0.2) is 0 Å². The highest BCUT2D eigenvalue weighted by atomic mass is 16.5. The summed E-state index contributed by atoms with van der Waals surface area (Å²) < 4.78 is 5.70. The van der Waals surface area contributed by atoms with Crippen LogP contribution in [-0.2, 0) is 0 Å². The lowest BCUT2D eigenvalue weighted by molar-refractivity contribution is 0.103. The van der Waals surface area contributed by atoms with E-state index in [0.29, 0.717) is 11.3 Å². The Kier molecular flexibility index (Phi) is 6.62. The van der Waals surface area contributed by atoms with Crippen LogP contribution in [0.3, 0.4) is 0 Å². The highest BCUT2D eigenvalue weighted by Gasteiger charge is 2.09. The monoisotopic (exact) mass is 297 g/mol. The number of hydrogen-bond acceptors (Lipinski definition) is 3. The Bertz CT molecular complexity index is 564. The third kappa shape index (κ3) is 4.99. The normalized spacial score (nSPS) is 10.4. The fourth-order valence-electron chi connectivity index (χ4n) is 2.24. The molecular weight excluding hydrogens is 274 g/mol. The molecule has 0 spiro atoms. The second kappa shape index (κ2) is 8.98. The molecule has 0 bridgehead atoms. The molecule has 0 unspecified atom stereocenters. The smallest absolute Gasteiger partial charge is 0.211 e. The number of ketones is 1. The van der Waals surface area contributed by atoms with Crippen molar-refractivity contribution in [3.8, 4) is 5.75 Å². The van der Waals surface area contributed by atoms with Crippen LogP contribution in [0, 0.1) is 0 Å². The molecule has 0 aliphatic heterocycles. The highest BCUT2D eigenvalue weighted by Crippen LogP contribution is 2.15. The van der Waals surface area contributed by atoms with Crippen molar-refractivity contribution in [3.05, 3.63) is 59.9 Å². The maximum absolute atomic E-state index is 12.2. The lowest BCUT2D eigenvalue weighted by Crippen LogP contribution is -2.03. The van der Waals surface area contributed by atoms with Crippen LogP contribution < -0.4 is 4.74 Å². The molecule has 1 aromatic heterocycles. The summed E-state index contributed by atoms with van der Waals surface area (Å²) in [7, 11) is 0. The first-order valence-corrected chi connectivity index (χ1v) is 8.00. The highest BCUT2D eigenvalue weighted by molar-refractivity contribution is 6.07. The molecule has 0 N–H and O–H groups in total. The van der Waals surface area contributed by atoms with Crippen LogP contribution in [0.2, 0.25) is 0 Å². The van der Waals surface area contributed by atoms with Crippen molar-refractivity contribution in [3.63, 3.8) is 0 Å². The third-order valence-corrected chi connectivity index (χ3v) is 3.53. The van der Waals surface area contributed by atoms with E-state index in [1.165, 1.54) is 25.7 Å². The summed E-state index contributed by atoms with van der Waals surface area (Å²) in [5, 5.41) is 0. The predicted octanol–water partition coefficient (Wildman–Crippen LogP) is 4.66. The maximum atomic E-state index is 12.2. The summed E-state index contributed by atoms with van der Waals surface area (Å²) in [6, 6.07) is 12.6. The van der Waals surface area contributed by atoms with Gasteiger partial charge in [-0.2, -0.15) is 0 Å². The van der Waals surface area contributed by atoms with Crippen molar-refractivity contribution in [1.82, 2.24) is 4.98 Å². The van der Waals surface area contributed by atoms with Crippen molar-refractivity contribution < 1.29 is 9.53 Å². The number of unbranched alkanes of at least 4 members (excludes halogenated alkanes) is 4. The molecule has 0 saturated heterocycles. The maximum Gasteiger partial charge on any atom is 0.211 e. The Morgan fingerprint density at radius 2 is 1.77 bits per heavy atom. The SMILES string of the molecule is CCCCCCCOc1ccc(C(=O)c2ccccn2)cc1. The van der Waals surface area contributed by atoms with Crippen molar-refractivity contribution in [2.24, 2.45) is 0 Å². The van der Waals surface area contributed by atoms with Gasteiger partial charge in [-0.15, -0.1) is 0 Å². The van der Waals surface area contributed by atoms with Gasteiger partial charge in [0.05, 0.1) is 6.61 Å². The van der Waals surface area contributed by atoms with Crippen LogP contribution >= 0.6 is 0 Å². The molecule has 0 fully saturated rings. The van der Waals surface area contributed by atoms with Crippen molar-refractivity contribution in [2.45, 2.75) is 39.0 Å². The summed E-state index contributed by atoms with van der Waals surface area (Å²) in [4.78, 5) is 16.3. The van der Waals surface area contributed by atoms with Gasteiger partial charge in [0.25, 0.3) is 0 Å². The largest absolute Gasteiger partial charge is 0.494 e. The van der Waals surface area contributed by atoms with E-state index >= 15 is 0 Å². The van der Waals surface area contributed by atoms with E-state index in [0.717, 1.165) is 18.8 Å². The lowest BCUT2D eigenvalue weighted by atomic mass is 10.1. The minimum Gasteiger partial charge on any atom is -0.494 e. The molecule has 3 nitrogen and oxygen atoms in total. The number of pyridine rings is 1. The van der Waals surface area contributed by atoms with E-state index in [1.54, 1.807) is 30.5 Å². The summed E-state index contributed by atoms with van der Waals surface area (Å²) in [5.74, 6) is 0.750. The Morgan fingerprint density at radius 1 is 1.00 bits per heavy atom. The van der Waals surface area contributed by atoms with Gasteiger partial charge in [0, 0.05) is 11.8 Å². The zero-order valence-electron chi connectivity index (χ0n) is 13.1. The summed E-state index contributed by atoms with van der Waals surface area (Å²) in [6.45, 7) is 2.95. The first-order chi connectivity index (χ1) is 10.8. The number of ether oxygens (including phenoxy) is 1. The van der Waals surface area contributed by atoms with E-state index < -0.39 is 0 Å². The first kappa shape index (κ1) is 16.2. The average Bonchev–Trinajstić information content (AvgIpc) is 2.59. The number of carbonyl (C=O) groups is 1. The van der Waals surface area contributed by atoms with Gasteiger partial charge in [0.1, 0.15) is 11.4 Å². The van der Waals surface area contributed by atoms with Crippen molar-refractivity contribution in [2.75, 3.05) is 6.61 Å². The molecule has 0 aliphatic carbocycles. The van der Waals surface area contributed by atoms with Gasteiger partial charge >= 0.3 is 0 Å². The third-order valence-electron chi connectivity index (χ3n) is 3.53. The van der Waals surface area contributed by atoms with E-state index in [-0.39, 0.29) is 5.78 Å². The van der Waals surface area contributed by atoms with Crippen LogP contribution in [-0.4, -0.2) is 17.4 Å². The number of hydrogen-bond donors (Lipinski definition) is 0. The Morgan fingerprint density at radius 3 is 2.45 bits per heavy atom. The molecule has 2 rings (SSSR count). The zero-order valence-corrected chi connectivity index (χ0v) is 13.1. The zero-order chi connectivity index (χ0) is 15.6. The van der Waals surface area contributed by atoms with E-state index in [2.05, 4.69) is 11.9 Å².